The Labute approximate surface area is 205 Å². The van der Waals surface area contributed by atoms with Crippen LogP contribution in [0.25, 0.3) is 0 Å². The predicted molar refractivity (Wildman–Crippen MR) is 134 cm³/mol. The van der Waals surface area contributed by atoms with E-state index in [0.717, 1.165) is 33.1 Å². The normalized spacial score (nSPS) is 18.9. The average Bonchev–Trinajstić information content (AvgIpc) is 2.77. The lowest BCUT2D eigenvalue weighted by molar-refractivity contribution is -0.165. The number of anilines is 1. The molecule has 4 nitrogen and oxygen atoms in total. The van der Waals surface area contributed by atoms with Crippen molar-refractivity contribution in [1.29, 1.82) is 0 Å². The van der Waals surface area contributed by atoms with E-state index in [1.807, 2.05) is 81.4 Å². The molecule has 3 aromatic carbocycles. The molecular weight excluding hydrogens is 457 g/mol. The van der Waals surface area contributed by atoms with E-state index in [9.17, 15) is 0 Å². The van der Waals surface area contributed by atoms with Gasteiger partial charge in [0.1, 0.15) is 23.6 Å². The Hall–Kier alpha value is -2.24. The molecule has 2 atom stereocenters. The van der Waals surface area contributed by atoms with Crippen LogP contribution in [0.2, 0.25) is 10.0 Å². The minimum Gasteiger partial charge on any atom is -0.485 e. The van der Waals surface area contributed by atoms with Crippen molar-refractivity contribution in [3.63, 3.8) is 0 Å². The molecule has 1 aliphatic rings. The van der Waals surface area contributed by atoms with Gasteiger partial charge in [-0.2, -0.15) is 0 Å². The van der Waals surface area contributed by atoms with Gasteiger partial charge in [-0.25, -0.2) is 0 Å². The van der Waals surface area contributed by atoms with Gasteiger partial charge in [-0.3, -0.25) is 0 Å². The summed E-state index contributed by atoms with van der Waals surface area (Å²) >= 11 is 12.3. The Morgan fingerprint density at radius 3 is 2.30 bits per heavy atom. The SMILES string of the molecule is CCOC1c2cc(NCc3cccc(Cl)c3)ccc2OC(C)(C)C1OCc1cccc(Cl)c1. The summed E-state index contributed by atoms with van der Waals surface area (Å²) in [5.41, 5.74) is 3.51. The van der Waals surface area contributed by atoms with Crippen molar-refractivity contribution in [1.82, 2.24) is 0 Å². The van der Waals surface area contributed by atoms with Gasteiger partial charge in [-0.15, -0.1) is 0 Å². The molecule has 6 heteroatoms. The van der Waals surface area contributed by atoms with E-state index in [4.69, 9.17) is 37.4 Å². The fourth-order valence-electron chi connectivity index (χ4n) is 4.15. The zero-order chi connectivity index (χ0) is 23.4. The van der Waals surface area contributed by atoms with Crippen LogP contribution in [0.15, 0.2) is 66.7 Å². The van der Waals surface area contributed by atoms with E-state index in [-0.39, 0.29) is 12.2 Å². The Balaban J connectivity index is 1.56. The first-order valence-electron chi connectivity index (χ1n) is 11.1. The quantitative estimate of drug-likeness (QED) is 0.359. The lowest BCUT2D eigenvalue weighted by atomic mass is 9.87. The predicted octanol–water partition coefficient (Wildman–Crippen LogP) is 7.44. The lowest BCUT2D eigenvalue weighted by Crippen LogP contribution is -2.51. The summed E-state index contributed by atoms with van der Waals surface area (Å²) in [5, 5.41) is 4.90. The first-order valence-corrected chi connectivity index (χ1v) is 11.9. The van der Waals surface area contributed by atoms with E-state index in [1.165, 1.54) is 0 Å². The van der Waals surface area contributed by atoms with E-state index < -0.39 is 5.60 Å². The van der Waals surface area contributed by atoms with Crippen LogP contribution >= 0.6 is 23.2 Å². The summed E-state index contributed by atoms with van der Waals surface area (Å²) in [6.45, 7) is 7.73. The van der Waals surface area contributed by atoms with Gasteiger partial charge in [0.05, 0.1) is 6.61 Å². The highest BCUT2D eigenvalue weighted by Crippen LogP contribution is 2.44. The lowest BCUT2D eigenvalue weighted by Gasteiger charge is -2.44. The van der Waals surface area contributed by atoms with Crippen molar-refractivity contribution in [3.8, 4) is 5.75 Å². The van der Waals surface area contributed by atoms with E-state index in [0.29, 0.717) is 24.8 Å². The van der Waals surface area contributed by atoms with Crippen LogP contribution in [0.3, 0.4) is 0 Å². The summed E-state index contributed by atoms with van der Waals surface area (Å²) in [6.07, 6.45) is -0.562. The zero-order valence-electron chi connectivity index (χ0n) is 19.1. The molecule has 0 spiro atoms. The third-order valence-corrected chi connectivity index (χ3v) is 6.17. The molecule has 1 aliphatic heterocycles. The van der Waals surface area contributed by atoms with Crippen molar-refractivity contribution in [3.05, 3.63) is 93.5 Å². The van der Waals surface area contributed by atoms with Crippen molar-refractivity contribution in [2.75, 3.05) is 11.9 Å². The number of rotatable bonds is 8. The summed E-state index contributed by atoms with van der Waals surface area (Å²) in [4.78, 5) is 0. The highest BCUT2D eigenvalue weighted by atomic mass is 35.5. The second kappa shape index (κ2) is 10.4. The molecule has 1 N–H and O–H groups in total. The van der Waals surface area contributed by atoms with Gasteiger partial charge in [-0.1, -0.05) is 47.5 Å². The maximum Gasteiger partial charge on any atom is 0.132 e. The van der Waals surface area contributed by atoms with Crippen molar-refractivity contribution < 1.29 is 14.2 Å². The van der Waals surface area contributed by atoms with Crippen molar-refractivity contribution in [2.45, 2.75) is 51.7 Å². The Bertz CT molecular complexity index is 1100. The van der Waals surface area contributed by atoms with Crippen LogP contribution in [-0.4, -0.2) is 18.3 Å². The molecule has 33 heavy (non-hydrogen) atoms. The van der Waals surface area contributed by atoms with Gasteiger partial charge in [0, 0.05) is 34.4 Å². The molecule has 0 aliphatic carbocycles. The maximum atomic E-state index is 6.40. The molecular formula is C27H29Cl2NO3. The second-order valence-corrected chi connectivity index (χ2v) is 9.55. The summed E-state index contributed by atoms with van der Waals surface area (Å²) in [6, 6.07) is 21.6. The molecule has 0 saturated heterocycles. The van der Waals surface area contributed by atoms with Crippen LogP contribution < -0.4 is 10.1 Å². The zero-order valence-corrected chi connectivity index (χ0v) is 20.6. The van der Waals surface area contributed by atoms with Gasteiger partial charge in [0.2, 0.25) is 0 Å². The van der Waals surface area contributed by atoms with Crippen molar-refractivity contribution >= 4 is 28.9 Å². The van der Waals surface area contributed by atoms with E-state index in [1.54, 1.807) is 0 Å². The van der Waals surface area contributed by atoms with Crippen molar-refractivity contribution in [2.24, 2.45) is 0 Å². The topological polar surface area (TPSA) is 39.7 Å². The molecule has 174 valence electrons. The number of hydrogen-bond donors (Lipinski definition) is 1. The first kappa shape index (κ1) is 23.9. The molecule has 0 bridgehead atoms. The largest absolute Gasteiger partial charge is 0.485 e. The average molecular weight is 486 g/mol. The number of hydrogen-bond acceptors (Lipinski definition) is 4. The molecule has 3 aromatic rings. The molecule has 2 unspecified atom stereocenters. The van der Waals surface area contributed by atoms with Crippen LogP contribution in [0, 0.1) is 0 Å². The van der Waals surface area contributed by atoms with Gasteiger partial charge >= 0.3 is 0 Å². The van der Waals surface area contributed by atoms with Gasteiger partial charge in [0.25, 0.3) is 0 Å². The van der Waals surface area contributed by atoms with Crippen LogP contribution in [0.4, 0.5) is 5.69 Å². The Morgan fingerprint density at radius 2 is 1.61 bits per heavy atom. The second-order valence-electron chi connectivity index (χ2n) is 8.68. The third kappa shape index (κ3) is 5.82. The third-order valence-electron chi connectivity index (χ3n) is 5.70. The molecule has 1 heterocycles. The first-order chi connectivity index (χ1) is 15.9. The molecule has 0 amide bonds. The monoisotopic (exact) mass is 485 g/mol. The van der Waals surface area contributed by atoms with Crippen LogP contribution in [0.1, 0.15) is 43.6 Å². The fourth-order valence-corrected chi connectivity index (χ4v) is 4.58. The number of halogens is 2. The Kier molecular flexibility index (Phi) is 7.50. The highest BCUT2D eigenvalue weighted by Gasteiger charge is 2.45. The maximum absolute atomic E-state index is 6.40. The number of benzene rings is 3. The summed E-state index contributed by atoms with van der Waals surface area (Å²) in [5.74, 6) is 0.814. The summed E-state index contributed by atoms with van der Waals surface area (Å²) in [7, 11) is 0. The number of nitrogens with one attached hydrogen (secondary N) is 1. The highest BCUT2D eigenvalue weighted by molar-refractivity contribution is 6.30. The number of fused-ring (bicyclic) bond motifs is 1. The van der Waals surface area contributed by atoms with Crippen LogP contribution in [0.5, 0.6) is 5.75 Å². The smallest absolute Gasteiger partial charge is 0.132 e. The molecule has 4 rings (SSSR count). The molecule has 0 saturated carbocycles. The van der Waals surface area contributed by atoms with E-state index in [2.05, 4.69) is 11.4 Å². The summed E-state index contributed by atoms with van der Waals surface area (Å²) < 4.78 is 19.0. The molecule has 0 aromatic heterocycles. The van der Waals surface area contributed by atoms with Gasteiger partial charge < -0.3 is 19.5 Å². The minimum atomic E-state index is -0.568. The van der Waals surface area contributed by atoms with Crippen LogP contribution in [-0.2, 0) is 22.6 Å². The fraction of sp³-hybridized carbons (Fsp3) is 0.333. The minimum absolute atomic E-state index is 0.263. The standard InChI is InChI=1S/C27H29Cl2NO3/c1-4-31-25-23-15-22(30-16-18-7-5-9-20(28)13-18)11-12-24(23)33-27(2,3)26(25)32-17-19-8-6-10-21(29)14-19/h5-15,25-26,30H,4,16-17H2,1-3H3. The van der Waals surface area contributed by atoms with Gasteiger partial charge in [-0.05, 0) is 74.4 Å². The van der Waals surface area contributed by atoms with E-state index >= 15 is 0 Å². The Morgan fingerprint density at radius 1 is 0.909 bits per heavy atom. The molecule has 0 fully saturated rings. The van der Waals surface area contributed by atoms with Gasteiger partial charge in [0.15, 0.2) is 0 Å². The number of ether oxygens (including phenoxy) is 3. The molecule has 0 radical (unpaired) electrons.